The van der Waals surface area contributed by atoms with Gasteiger partial charge < -0.3 is 0 Å². The van der Waals surface area contributed by atoms with Crippen LogP contribution in [0.2, 0.25) is 0 Å². The maximum atomic E-state index is 5.78. The van der Waals surface area contributed by atoms with E-state index in [4.69, 9.17) is 9.97 Å². The van der Waals surface area contributed by atoms with E-state index in [0.29, 0.717) is 0 Å². The Balaban J connectivity index is 1.09. The zero-order valence-corrected chi connectivity index (χ0v) is 42.2. The highest BCUT2D eigenvalue weighted by Gasteiger charge is 2.26. The Labute approximate surface area is 420 Å². The molecule has 2 heterocycles. The Morgan fingerprint density at radius 1 is 0.278 bits per heavy atom. The third-order valence-corrected chi connectivity index (χ3v) is 15.9. The lowest BCUT2D eigenvalue weighted by Gasteiger charge is -2.22. The molecule has 0 saturated carbocycles. The van der Waals surface area contributed by atoms with Gasteiger partial charge in [0.15, 0.2) is 0 Å². The van der Waals surface area contributed by atoms with Gasteiger partial charge in [-0.3, -0.25) is 0 Å². The highest BCUT2D eigenvalue weighted by atomic mass is 14.7. The number of hydrogen-bond acceptors (Lipinski definition) is 2. The second kappa shape index (κ2) is 15.2. The highest BCUT2D eigenvalue weighted by Crippen LogP contribution is 2.51. The average Bonchev–Trinajstić information content (AvgIpc) is 3.38. The molecular formula is C70H54N2. The molecule has 14 rings (SSSR count). The van der Waals surface area contributed by atoms with Gasteiger partial charge >= 0.3 is 0 Å². The first-order valence-corrected chi connectivity index (χ1v) is 25.5. The first-order chi connectivity index (χ1) is 34.7. The molecule has 0 fully saturated rings. The van der Waals surface area contributed by atoms with Gasteiger partial charge in [0.2, 0.25) is 0 Å². The second-order valence-corrected chi connectivity index (χ2v) is 22.7. The van der Waals surface area contributed by atoms with E-state index in [-0.39, 0.29) is 10.8 Å². The molecule has 2 heteroatoms. The Bertz CT molecular complexity index is 4270. The molecule has 2 nitrogen and oxygen atoms in total. The fourth-order valence-electron chi connectivity index (χ4n) is 12.1. The molecule has 0 unspecified atom stereocenters. The van der Waals surface area contributed by atoms with Crippen LogP contribution >= 0.6 is 0 Å². The number of nitrogens with zero attached hydrogens (tertiary/aromatic N) is 2. The maximum absolute atomic E-state index is 5.78. The van der Waals surface area contributed by atoms with Gasteiger partial charge in [-0.2, -0.15) is 0 Å². The molecule has 0 aliphatic carbocycles. The molecule has 0 N–H and O–H groups in total. The Morgan fingerprint density at radius 2 is 0.625 bits per heavy atom. The van der Waals surface area contributed by atoms with E-state index in [9.17, 15) is 0 Å². The molecule has 0 aliphatic rings. The molecule has 14 aromatic rings. The van der Waals surface area contributed by atoms with Crippen molar-refractivity contribution in [3.05, 3.63) is 204 Å². The molecule has 0 amide bonds. The van der Waals surface area contributed by atoms with Crippen molar-refractivity contribution < 1.29 is 0 Å². The Kier molecular flexibility index (Phi) is 8.98. The summed E-state index contributed by atoms with van der Waals surface area (Å²) < 4.78 is 0. The van der Waals surface area contributed by atoms with Crippen LogP contribution in [0.4, 0.5) is 0 Å². The van der Waals surface area contributed by atoms with E-state index in [1.165, 1.54) is 131 Å². The molecule has 344 valence electrons. The largest absolute Gasteiger partial charge is 0.247 e. The van der Waals surface area contributed by atoms with Gasteiger partial charge in [0, 0.05) is 32.3 Å². The maximum Gasteiger partial charge on any atom is 0.0801 e. The summed E-state index contributed by atoms with van der Waals surface area (Å²) in [6.07, 6.45) is 0. The Hall–Kier alpha value is -8.20. The normalized spacial score (nSPS) is 12.7. The SMILES string of the molecule is Cc1ccc2cc(-c3c4cc(-c5ccc(C(C)(C)C)cc5)ccc4c4nc5ccc6c(-c7ccc8cc(C)ccc8c7)c7cc(-c8ccc(C(C)(C)C)cc8)ccc7c7nc8ccc3c4c8c5c67)ccc2c1. The third-order valence-electron chi connectivity index (χ3n) is 15.9. The zero-order chi connectivity index (χ0) is 48.9. The van der Waals surface area contributed by atoms with Crippen molar-refractivity contribution >= 4 is 97.5 Å². The van der Waals surface area contributed by atoms with Gasteiger partial charge in [0.05, 0.1) is 22.1 Å². The van der Waals surface area contributed by atoms with Gasteiger partial charge in [-0.15, -0.1) is 0 Å². The lowest BCUT2D eigenvalue weighted by molar-refractivity contribution is 0.590. The van der Waals surface area contributed by atoms with Crippen LogP contribution in [-0.4, -0.2) is 9.97 Å². The van der Waals surface area contributed by atoms with Gasteiger partial charge in [-0.1, -0.05) is 198 Å². The molecule has 0 spiro atoms. The smallest absolute Gasteiger partial charge is 0.0801 e. The topological polar surface area (TPSA) is 25.8 Å². The highest BCUT2D eigenvalue weighted by molar-refractivity contribution is 6.41. The Morgan fingerprint density at radius 3 is 1.03 bits per heavy atom. The fraction of sp³-hybridized carbons (Fsp3) is 0.143. The number of rotatable bonds is 4. The van der Waals surface area contributed by atoms with Crippen molar-refractivity contribution in [1.29, 1.82) is 0 Å². The van der Waals surface area contributed by atoms with E-state index in [1.807, 2.05) is 0 Å². The van der Waals surface area contributed by atoms with Crippen LogP contribution in [0.25, 0.3) is 142 Å². The molecule has 0 saturated heterocycles. The van der Waals surface area contributed by atoms with Crippen molar-refractivity contribution in [2.45, 2.75) is 66.2 Å². The summed E-state index contributed by atoms with van der Waals surface area (Å²) in [4.78, 5) is 11.6. The number of pyridine rings is 2. The zero-order valence-electron chi connectivity index (χ0n) is 42.2. The molecule has 0 atom stereocenters. The van der Waals surface area contributed by atoms with Crippen LogP contribution < -0.4 is 0 Å². The van der Waals surface area contributed by atoms with Crippen LogP contribution in [0.1, 0.15) is 63.8 Å². The van der Waals surface area contributed by atoms with Gasteiger partial charge in [0.1, 0.15) is 0 Å². The summed E-state index contributed by atoms with van der Waals surface area (Å²) in [6.45, 7) is 18.0. The summed E-state index contributed by atoms with van der Waals surface area (Å²) in [5, 5.41) is 16.8. The van der Waals surface area contributed by atoms with Crippen LogP contribution in [0.15, 0.2) is 182 Å². The fourth-order valence-corrected chi connectivity index (χ4v) is 12.1. The number of aromatic nitrogens is 2. The molecule has 0 radical (unpaired) electrons. The molecule has 0 aliphatic heterocycles. The lowest BCUT2D eigenvalue weighted by atomic mass is 9.83. The lowest BCUT2D eigenvalue weighted by Crippen LogP contribution is -2.10. The first kappa shape index (κ1) is 42.7. The molecule has 2 aromatic heterocycles. The van der Waals surface area contributed by atoms with Crippen LogP contribution in [0, 0.1) is 13.8 Å². The van der Waals surface area contributed by atoms with E-state index in [2.05, 4.69) is 237 Å². The second-order valence-electron chi connectivity index (χ2n) is 22.7. The van der Waals surface area contributed by atoms with E-state index >= 15 is 0 Å². The van der Waals surface area contributed by atoms with Crippen molar-refractivity contribution in [2.75, 3.05) is 0 Å². The minimum atomic E-state index is 0.0773. The number of hydrogen-bond donors (Lipinski definition) is 0. The standard InChI is InChI=1S/C70H54N2/c1-39-9-11-45-35-49(15-13-43(45)33-39)61-55-29-31-59-65-63(55)67(53-27-21-47(37-57(53)61)41-17-23-51(24-18-41)69(3,4)5)71-60-32-30-56-62(50-16-14-44-34-40(2)10-12-46(44)36-50)58-38-48(42-19-25-52(26-20-42)70(6,7)8)22-28-54(58)68(72-59)64(56)66(60)65/h9-38H,1-8H3. The minimum Gasteiger partial charge on any atom is -0.247 e. The van der Waals surface area contributed by atoms with E-state index < -0.39 is 0 Å². The molecule has 72 heavy (non-hydrogen) atoms. The number of fused-ring (bicyclic) bond motifs is 6. The average molecular weight is 923 g/mol. The summed E-state index contributed by atoms with van der Waals surface area (Å²) in [7, 11) is 0. The van der Waals surface area contributed by atoms with Crippen molar-refractivity contribution in [3.8, 4) is 44.5 Å². The van der Waals surface area contributed by atoms with Gasteiger partial charge in [-0.25, -0.2) is 9.97 Å². The number of aryl methyl sites for hydroxylation is 2. The quantitative estimate of drug-likeness (QED) is 0.130. The first-order valence-electron chi connectivity index (χ1n) is 25.5. The van der Waals surface area contributed by atoms with Crippen molar-refractivity contribution in [2.24, 2.45) is 0 Å². The summed E-state index contributed by atoms with van der Waals surface area (Å²) in [6, 6.07) is 69.2. The van der Waals surface area contributed by atoms with Crippen molar-refractivity contribution in [1.82, 2.24) is 9.97 Å². The van der Waals surface area contributed by atoms with Crippen LogP contribution in [-0.2, 0) is 10.8 Å². The van der Waals surface area contributed by atoms with Gasteiger partial charge in [0.25, 0.3) is 0 Å². The number of benzene rings is 12. The van der Waals surface area contributed by atoms with E-state index in [1.54, 1.807) is 0 Å². The summed E-state index contributed by atoms with van der Waals surface area (Å²) in [5.74, 6) is 0. The molecular weight excluding hydrogens is 869 g/mol. The van der Waals surface area contributed by atoms with Crippen LogP contribution in [0.3, 0.4) is 0 Å². The van der Waals surface area contributed by atoms with E-state index in [0.717, 1.165) is 32.8 Å². The van der Waals surface area contributed by atoms with Crippen LogP contribution in [0.5, 0.6) is 0 Å². The molecule has 0 bridgehead atoms. The van der Waals surface area contributed by atoms with Crippen molar-refractivity contribution in [3.63, 3.8) is 0 Å². The summed E-state index contributed by atoms with van der Waals surface area (Å²) in [5.41, 5.74) is 19.0. The predicted molar refractivity (Wildman–Crippen MR) is 311 cm³/mol. The minimum absolute atomic E-state index is 0.0773. The molecule has 12 aromatic carbocycles. The summed E-state index contributed by atoms with van der Waals surface area (Å²) >= 11 is 0. The monoisotopic (exact) mass is 922 g/mol. The third kappa shape index (κ3) is 6.48. The predicted octanol–water partition coefficient (Wildman–Crippen LogP) is 19.6. The van der Waals surface area contributed by atoms with Gasteiger partial charge in [-0.05, 0) is 160 Å².